The summed E-state index contributed by atoms with van der Waals surface area (Å²) in [5.41, 5.74) is 3.08. The molecule has 1 fully saturated rings. The number of fused-ring (bicyclic) bond motifs is 4. The van der Waals surface area contributed by atoms with Crippen molar-refractivity contribution in [1.82, 2.24) is 15.0 Å². The van der Waals surface area contributed by atoms with E-state index in [4.69, 9.17) is 14.7 Å². The van der Waals surface area contributed by atoms with Crippen LogP contribution in [0.4, 0.5) is 8.78 Å². The van der Waals surface area contributed by atoms with Gasteiger partial charge in [-0.1, -0.05) is 51.1 Å². The summed E-state index contributed by atoms with van der Waals surface area (Å²) in [5, 5.41) is 0.792. The molecule has 2 aromatic heterocycles. The number of rotatable bonds is 4. The van der Waals surface area contributed by atoms with E-state index in [9.17, 15) is 9.18 Å². The topological polar surface area (TPSA) is 65.0 Å². The molecular formula is C32H31F2N3O2. The Morgan fingerprint density at radius 2 is 1.74 bits per heavy atom. The van der Waals surface area contributed by atoms with Crippen molar-refractivity contribution in [3.63, 3.8) is 0 Å². The largest absolute Gasteiger partial charge is 0.374 e. The van der Waals surface area contributed by atoms with E-state index in [0.29, 0.717) is 41.0 Å². The van der Waals surface area contributed by atoms with Gasteiger partial charge < -0.3 is 4.74 Å². The molecule has 1 saturated carbocycles. The van der Waals surface area contributed by atoms with Gasteiger partial charge in [0.15, 0.2) is 11.6 Å². The molecule has 5 nitrogen and oxygen atoms in total. The van der Waals surface area contributed by atoms with Crippen LogP contribution < -0.4 is 0 Å². The van der Waals surface area contributed by atoms with Crippen molar-refractivity contribution in [3.05, 3.63) is 77.4 Å². The second kappa shape index (κ2) is 9.26. The number of Topliss-reactive ketones (excluding diaryl/α,β-unsaturated/α-hetero) is 1. The van der Waals surface area contributed by atoms with Gasteiger partial charge in [-0.05, 0) is 49.4 Å². The van der Waals surface area contributed by atoms with E-state index >= 15 is 4.39 Å². The number of carbonyl (C=O) groups is 1. The zero-order valence-electron chi connectivity index (χ0n) is 22.6. The third-order valence-electron chi connectivity index (χ3n) is 8.97. The summed E-state index contributed by atoms with van der Waals surface area (Å²) >= 11 is 0. The van der Waals surface area contributed by atoms with E-state index in [1.54, 1.807) is 31.4 Å². The molecule has 0 saturated heterocycles. The maximum absolute atomic E-state index is 15.3. The summed E-state index contributed by atoms with van der Waals surface area (Å²) in [6, 6.07) is 15.8. The first kappa shape index (κ1) is 25.7. The van der Waals surface area contributed by atoms with E-state index in [0.717, 1.165) is 23.1 Å². The van der Waals surface area contributed by atoms with Crippen LogP contribution in [0.15, 0.2) is 54.6 Å². The van der Waals surface area contributed by atoms with Gasteiger partial charge in [0.25, 0.3) is 0 Å². The van der Waals surface area contributed by atoms with Crippen molar-refractivity contribution in [2.45, 2.75) is 58.2 Å². The second-order valence-electron chi connectivity index (χ2n) is 11.5. The number of halogens is 2. The summed E-state index contributed by atoms with van der Waals surface area (Å²) < 4.78 is 34.9. The molecule has 200 valence electrons. The Kier molecular flexibility index (Phi) is 6.10. The molecule has 2 heterocycles. The Balaban J connectivity index is 1.68. The van der Waals surface area contributed by atoms with Crippen molar-refractivity contribution >= 4 is 16.7 Å². The minimum atomic E-state index is -0.728. The molecular weight excluding hydrogens is 496 g/mol. The number of nitrogens with zero attached hydrogens (tertiary/aromatic N) is 3. The third-order valence-corrected chi connectivity index (χ3v) is 8.97. The highest BCUT2D eigenvalue weighted by molar-refractivity contribution is 5.93. The number of methoxy groups -OCH3 is 1. The molecule has 0 N–H and O–H groups in total. The molecule has 0 aliphatic heterocycles. The first-order chi connectivity index (χ1) is 18.7. The van der Waals surface area contributed by atoms with Gasteiger partial charge >= 0.3 is 0 Å². The molecule has 2 aliphatic carbocycles. The van der Waals surface area contributed by atoms with Crippen LogP contribution in [0.25, 0.3) is 33.5 Å². The number of pyridine rings is 1. The van der Waals surface area contributed by atoms with Gasteiger partial charge in [-0.15, -0.1) is 0 Å². The number of alkyl halides is 1. The number of carbonyl (C=O) groups excluding carboxylic acids is 1. The lowest BCUT2D eigenvalue weighted by atomic mass is 9.50. The molecule has 3 atom stereocenters. The molecule has 4 aromatic rings. The van der Waals surface area contributed by atoms with Crippen LogP contribution in [-0.2, 0) is 28.0 Å². The van der Waals surface area contributed by atoms with E-state index in [2.05, 4.69) is 11.9 Å². The summed E-state index contributed by atoms with van der Waals surface area (Å²) in [7, 11) is 1.57. The van der Waals surface area contributed by atoms with Gasteiger partial charge in [-0.25, -0.2) is 23.7 Å². The van der Waals surface area contributed by atoms with Crippen LogP contribution in [0.1, 0.15) is 50.6 Å². The van der Waals surface area contributed by atoms with Crippen LogP contribution in [0.5, 0.6) is 0 Å². The predicted octanol–water partition coefficient (Wildman–Crippen LogP) is 6.80. The van der Waals surface area contributed by atoms with E-state index in [1.807, 2.05) is 38.1 Å². The maximum atomic E-state index is 15.3. The zero-order chi connectivity index (χ0) is 27.5. The fraction of sp³-hybridized carbons (Fsp3) is 0.375. The van der Waals surface area contributed by atoms with Gasteiger partial charge in [-0.2, -0.15) is 0 Å². The van der Waals surface area contributed by atoms with Gasteiger partial charge in [-0.3, -0.25) is 4.79 Å². The van der Waals surface area contributed by atoms with Crippen molar-refractivity contribution in [1.29, 1.82) is 0 Å². The van der Waals surface area contributed by atoms with Crippen LogP contribution in [0.2, 0.25) is 0 Å². The number of ketones is 1. The molecule has 7 heteroatoms. The van der Waals surface area contributed by atoms with E-state index in [1.165, 1.54) is 6.07 Å². The van der Waals surface area contributed by atoms with Gasteiger partial charge in [0.1, 0.15) is 18.6 Å². The van der Waals surface area contributed by atoms with E-state index < -0.39 is 23.6 Å². The smallest absolute Gasteiger partial charge is 0.167 e. The summed E-state index contributed by atoms with van der Waals surface area (Å²) in [4.78, 5) is 28.0. The monoisotopic (exact) mass is 527 g/mol. The fourth-order valence-corrected chi connectivity index (χ4v) is 7.10. The molecule has 0 spiro atoms. The lowest BCUT2D eigenvalue weighted by Gasteiger charge is -2.54. The molecule has 2 aromatic carbocycles. The summed E-state index contributed by atoms with van der Waals surface area (Å²) in [6.45, 7) is 5.42. The molecule has 0 amide bonds. The van der Waals surface area contributed by atoms with Crippen molar-refractivity contribution in [2.24, 2.45) is 11.3 Å². The first-order valence-electron chi connectivity index (χ1n) is 13.4. The SMILES string of the molecule is COC1C[C@@]2(C)c3nc(-c4cc(CF)nc5ccccc45)nc(-c4ccccc4F)c3CC[C@@H]2C(C)(C)C1=O. The first-order valence-corrected chi connectivity index (χ1v) is 13.4. The number of hydrogen-bond donors (Lipinski definition) is 0. The highest BCUT2D eigenvalue weighted by Gasteiger charge is 2.58. The number of hydrogen-bond acceptors (Lipinski definition) is 5. The predicted molar refractivity (Wildman–Crippen MR) is 146 cm³/mol. The van der Waals surface area contributed by atoms with Crippen LogP contribution in [0, 0.1) is 17.2 Å². The summed E-state index contributed by atoms with van der Waals surface area (Å²) in [6.07, 6.45) is 1.29. The molecule has 6 rings (SSSR count). The fourth-order valence-electron chi connectivity index (χ4n) is 7.10. The highest BCUT2D eigenvalue weighted by atomic mass is 19.1. The zero-order valence-corrected chi connectivity index (χ0v) is 22.6. The number of ether oxygens (including phenoxy) is 1. The number of benzene rings is 2. The Labute approximate surface area is 226 Å². The quantitative estimate of drug-likeness (QED) is 0.292. The van der Waals surface area contributed by atoms with Gasteiger partial charge in [0, 0.05) is 40.0 Å². The molecule has 1 unspecified atom stereocenters. The molecule has 39 heavy (non-hydrogen) atoms. The second-order valence-corrected chi connectivity index (χ2v) is 11.5. The normalized spacial score (nSPS) is 23.9. The van der Waals surface area contributed by atoms with Crippen LogP contribution >= 0.6 is 0 Å². The van der Waals surface area contributed by atoms with Crippen molar-refractivity contribution in [2.75, 3.05) is 7.11 Å². The Hall–Kier alpha value is -3.58. The Morgan fingerprint density at radius 1 is 1.00 bits per heavy atom. The minimum absolute atomic E-state index is 0.0169. The average Bonchev–Trinajstić information content (AvgIpc) is 2.94. The van der Waals surface area contributed by atoms with Gasteiger partial charge in [0.05, 0.1) is 22.6 Å². The standard InChI is InChI=1S/C32H31F2N3O2/c1-31(2)26-14-13-21-27(20-10-5-7-11-23(20)34)36-30(37-28(21)32(26,3)16-25(39-4)29(31)38)22-15-18(17-33)35-24-12-8-6-9-19(22)24/h5-12,15,25-26H,13-14,16-17H2,1-4H3/t25?,26-,32-/m1/s1. The Bertz CT molecular complexity index is 1620. The lowest BCUT2D eigenvalue weighted by molar-refractivity contribution is -0.152. The number of para-hydroxylation sites is 1. The van der Waals surface area contributed by atoms with Crippen LogP contribution in [-0.4, -0.2) is 33.9 Å². The summed E-state index contributed by atoms with van der Waals surface area (Å²) in [5.74, 6) is 0.149. The Morgan fingerprint density at radius 3 is 2.49 bits per heavy atom. The van der Waals surface area contributed by atoms with Crippen LogP contribution in [0.3, 0.4) is 0 Å². The molecule has 0 bridgehead atoms. The lowest BCUT2D eigenvalue weighted by Crippen LogP contribution is -2.58. The minimum Gasteiger partial charge on any atom is -0.374 e. The average molecular weight is 528 g/mol. The number of aromatic nitrogens is 3. The van der Waals surface area contributed by atoms with Crippen molar-refractivity contribution in [3.8, 4) is 22.6 Å². The molecule has 0 radical (unpaired) electrons. The van der Waals surface area contributed by atoms with E-state index in [-0.39, 0.29) is 23.2 Å². The van der Waals surface area contributed by atoms with Gasteiger partial charge in [0.2, 0.25) is 0 Å². The third kappa shape index (κ3) is 3.89. The van der Waals surface area contributed by atoms with Crippen molar-refractivity contribution < 1.29 is 18.3 Å². The molecule has 2 aliphatic rings. The maximum Gasteiger partial charge on any atom is 0.167 e. The highest BCUT2D eigenvalue weighted by Crippen LogP contribution is 2.57.